The van der Waals surface area contributed by atoms with Crippen LogP contribution in [-0.4, -0.2) is 29.3 Å². The minimum absolute atomic E-state index is 0.0168. The number of halogens is 3. The molecule has 1 N–H and O–H groups in total. The Kier molecular flexibility index (Phi) is 6.59. The van der Waals surface area contributed by atoms with Gasteiger partial charge >= 0.3 is 5.97 Å². The van der Waals surface area contributed by atoms with Crippen LogP contribution in [0.25, 0.3) is 0 Å². The van der Waals surface area contributed by atoms with E-state index < -0.39 is 12.6 Å². The van der Waals surface area contributed by atoms with Gasteiger partial charge in [-0.25, -0.2) is 4.79 Å². The smallest absolute Gasteiger partial charge is 0.341 e. The number of carboxylic acid groups (broad SMARTS) is 1. The minimum atomic E-state index is -1.13. The molecule has 1 aromatic rings. The van der Waals surface area contributed by atoms with Gasteiger partial charge in [0.25, 0.3) is 0 Å². The molecule has 0 saturated carbocycles. The molecule has 0 bridgehead atoms. The van der Waals surface area contributed by atoms with Crippen molar-refractivity contribution in [2.45, 2.75) is 13.3 Å². The second kappa shape index (κ2) is 7.72. The lowest BCUT2D eigenvalue weighted by Crippen LogP contribution is -2.16. The summed E-state index contributed by atoms with van der Waals surface area (Å²) in [7, 11) is 0. The average Bonchev–Trinajstić information content (AvgIpc) is 2.41. The van der Waals surface area contributed by atoms with E-state index in [2.05, 4.69) is 0 Å². The number of hydrogen-bond donors (Lipinski definition) is 1. The first-order valence-electron chi connectivity index (χ1n) is 5.85. The molecule has 1 rings (SSSR count). The molecule has 110 valence electrons. The van der Waals surface area contributed by atoms with Crippen molar-refractivity contribution in [1.29, 1.82) is 0 Å². The zero-order valence-electron chi connectivity index (χ0n) is 10.7. The van der Waals surface area contributed by atoms with Gasteiger partial charge in [-0.15, -0.1) is 11.6 Å². The summed E-state index contributed by atoms with van der Waals surface area (Å²) < 4.78 is 4.97. The van der Waals surface area contributed by atoms with Crippen LogP contribution in [0.4, 0.5) is 0 Å². The normalized spacial score (nSPS) is 12.0. The Morgan fingerprint density at radius 2 is 1.95 bits per heavy atom. The van der Waals surface area contributed by atoms with Crippen molar-refractivity contribution in [3.8, 4) is 5.75 Å². The van der Waals surface area contributed by atoms with E-state index in [1.54, 1.807) is 0 Å². The number of ketones is 1. The van der Waals surface area contributed by atoms with Crippen molar-refractivity contribution in [3.05, 3.63) is 27.7 Å². The Morgan fingerprint density at radius 3 is 2.45 bits per heavy atom. The molecule has 0 amide bonds. The van der Waals surface area contributed by atoms with Gasteiger partial charge in [-0.05, 0) is 18.6 Å². The lowest BCUT2D eigenvalue weighted by Gasteiger charge is -2.14. The van der Waals surface area contributed by atoms with E-state index in [4.69, 9.17) is 44.6 Å². The minimum Gasteiger partial charge on any atom is -0.480 e. The third-order valence-corrected chi connectivity index (χ3v) is 3.95. The van der Waals surface area contributed by atoms with Crippen LogP contribution >= 0.6 is 34.8 Å². The summed E-state index contributed by atoms with van der Waals surface area (Å²) in [5, 5.41) is 8.61. The van der Waals surface area contributed by atoms with Crippen LogP contribution in [0.3, 0.4) is 0 Å². The van der Waals surface area contributed by atoms with Gasteiger partial charge in [0.05, 0.1) is 5.02 Å². The maximum atomic E-state index is 12.2. The van der Waals surface area contributed by atoms with Crippen molar-refractivity contribution < 1.29 is 19.4 Å². The first-order valence-corrected chi connectivity index (χ1v) is 7.14. The van der Waals surface area contributed by atoms with Gasteiger partial charge in [0.1, 0.15) is 10.8 Å². The Balaban J connectivity index is 3.05. The van der Waals surface area contributed by atoms with Crippen LogP contribution in [0.2, 0.25) is 10.0 Å². The van der Waals surface area contributed by atoms with Gasteiger partial charge in [0.15, 0.2) is 12.4 Å². The van der Waals surface area contributed by atoms with Crippen molar-refractivity contribution in [2.24, 2.45) is 5.92 Å². The second-order valence-corrected chi connectivity index (χ2v) is 5.11. The zero-order chi connectivity index (χ0) is 15.3. The van der Waals surface area contributed by atoms with Crippen LogP contribution in [0.5, 0.6) is 5.75 Å². The molecule has 0 spiro atoms. The van der Waals surface area contributed by atoms with Crippen LogP contribution in [-0.2, 0) is 4.79 Å². The molecule has 1 unspecified atom stereocenters. The van der Waals surface area contributed by atoms with E-state index in [0.29, 0.717) is 6.42 Å². The van der Waals surface area contributed by atoms with Gasteiger partial charge in [0, 0.05) is 17.4 Å². The van der Waals surface area contributed by atoms with Crippen molar-refractivity contribution >= 4 is 46.6 Å². The van der Waals surface area contributed by atoms with Crippen LogP contribution in [0.1, 0.15) is 23.7 Å². The van der Waals surface area contributed by atoms with E-state index in [9.17, 15) is 9.59 Å². The maximum absolute atomic E-state index is 12.2. The molecular weight excluding hydrogens is 326 g/mol. The van der Waals surface area contributed by atoms with Gasteiger partial charge in [0.2, 0.25) is 0 Å². The number of Topliss-reactive ketones (excluding diaryl/α,β-unsaturated/α-hetero) is 1. The number of aliphatic carboxylic acids is 1. The summed E-state index contributed by atoms with van der Waals surface area (Å²) in [5.41, 5.74) is 0.256. The fourth-order valence-electron chi connectivity index (χ4n) is 1.56. The monoisotopic (exact) mass is 338 g/mol. The number of benzene rings is 1. The number of carbonyl (C=O) groups excluding carboxylic acids is 1. The van der Waals surface area contributed by atoms with Crippen molar-refractivity contribution in [3.63, 3.8) is 0 Å². The molecule has 0 saturated heterocycles. The highest BCUT2D eigenvalue weighted by Crippen LogP contribution is 2.36. The molecule has 0 fully saturated rings. The fourth-order valence-corrected chi connectivity index (χ4v) is 2.38. The first-order chi connectivity index (χ1) is 9.42. The summed E-state index contributed by atoms with van der Waals surface area (Å²) >= 11 is 17.8. The summed E-state index contributed by atoms with van der Waals surface area (Å²) in [6, 6.07) is 2.88. The molecule has 0 aliphatic heterocycles. The van der Waals surface area contributed by atoms with Gasteiger partial charge in [-0.1, -0.05) is 30.1 Å². The Bertz CT molecular complexity index is 513. The average molecular weight is 340 g/mol. The number of ether oxygens (including phenoxy) is 1. The second-order valence-electron chi connectivity index (χ2n) is 4.05. The molecule has 0 aromatic heterocycles. The van der Waals surface area contributed by atoms with Gasteiger partial charge < -0.3 is 9.84 Å². The van der Waals surface area contributed by atoms with Crippen molar-refractivity contribution in [2.75, 3.05) is 12.5 Å². The molecular formula is C13H13Cl3O4. The molecule has 1 aromatic carbocycles. The van der Waals surface area contributed by atoms with E-state index in [1.807, 2.05) is 6.92 Å². The predicted octanol–water partition coefficient (Wildman–Crippen LogP) is 3.90. The first kappa shape index (κ1) is 17.1. The Hall–Kier alpha value is -0.970. The molecule has 0 heterocycles. The summed E-state index contributed by atoms with van der Waals surface area (Å²) in [6.07, 6.45) is 0.591. The molecule has 1 atom stereocenters. The van der Waals surface area contributed by atoms with Crippen molar-refractivity contribution in [1.82, 2.24) is 0 Å². The van der Waals surface area contributed by atoms with Crippen LogP contribution in [0.15, 0.2) is 12.1 Å². The summed E-state index contributed by atoms with van der Waals surface area (Å²) in [6.45, 7) is 1.31. The number of carbonyl (C=O) groups is 2. The number of carboxylic acids is 1. The number of hydrogen-bond acceptors (Lipinski definition) is 3. The highest BCUT2D eigenvalue weighted by atomic mass is 35.5. The largest absolute Gasteiger partial charge is 0.480 e. The number of alkyl halides is 1. The zero-order valence-corrected chi connectivity index (χ0v) is 12.9. The number of rotatable bonds is 7. The maximum Gasteiger partial charge on any atom is 0.341 e. The molecule has 20 heavy (non-hydrogen) atoms. The Morgan fingerprint density at radius 1 is 1.30 bits per heavy atom. The van der Waals surface area contributed by atoms with Crippen LogP contribution < -0.4 is 4.74 Å². The molecule has 7 heteroatoms. The third kappa shape index (κ3) is 4.01. The predicted molar refractivity (Wildman–Crippen MR) is 78.4 cm³/mol. The summed E-state index contributed by atoms with van der Waals surface area (Å²) in [4.78, 5) is 22.6. The third-order valence-electron chi connectivity index (χ3n) is 2.71. The van der Waals surface area contributed by atoms with E-state index in [-0.39, 0.29) is 38.9 Å². The lowest BCUT2D eigenvalue weighted by atomic mass is 9.97. The SMILES string of the molecule is CCC(CCl)C(=O)c1ccc(OCC(=O)O)c(Cl)c1Cl. The highest BCUT2D eigenvalue weighted by molar-refractivity contribution is 6.45. The molecule has 0 aliphatic carbocycles. The van der Waals surface area contributed by atoms with Gasteiger partial charge in [-0.3, -0.25) is 4.79 Å². The quantitative estimate of drug-likeness (QED) is 0.604. The van der Waals surface area contributed by atoms with Gasteiger partial charge in [-0.2, -0.15) is 0 Å². The highest BCUT2D eigenvalue weighted by Gasteiger charge is 2.22. The molecule has 4 nitrogen and oxygen atoms in total. The Labute approximate surface area is 131 Å². The summed E-state index contributed by atoms with van der Waals surface area (Å²) in [5.74, 6) is -1.35. The standard InChI is InChI=1S/C13H13Cl3O4/c1-2-7(5-14)13(19)8-3-4-9(12(16)11(8)15)20-6-10(17)18/h3-4,7H,2,5-6H2,1H3,(H,17,18). The fraction of sp³-hybridized carbons (Fsp3) is 0.385. The van der Waals surface area contributed by atoms with E-state index in [1.165, 1.54) is 12.1 Å². The topological polar surface area (TPSA) is 63.6 Å². The molecule has 0 aliphatic rings. The van der Waals surface area contributed by atoms with E-state index >= 15 is 0 Å². The molecule has 0 radical (unpaired) electrons. The van der Waals surface area contributed by atoms with E-state index in [0.717, 1.165) is 0 Å². The lowest BCUT2D eigenvalue weighted by molar-refractivity contribution is -0.139. The van der Waals surface area contributed by atoms with Crippen LogP contribution in [0, 0.1) is 5.92 Å².